The van der Waals surface area contributed by atoms with E-state index in [4.69, 9.17) is 16.7 Å². The molecule has 0 saturated carbocycles. The first-order chi connectivity index (χ1) is 6.16. The molecular formula is C8H5ClFNO2. The van der Waals surface area contributed by atoms with Gasteiger partial charge in [0.15, 0.2) is 11.6 Å². The van der Waals surface area contributed by atoms with Gasteiger partial charge in [-0.25, -0.2) is 14.2 Å². The molecule has 68 valence electrons. The van der Waals surface area contributed by atoms with E-state index in [0.717, 1.165) is 6.07 Å². The average Bonchev–Trinajstić information content (AvgIpc) is 2.12. The van der Waals surface area contributed by atoms with Crippen LogP contribution in [0.5, 0.6) is 5.75 Å². The zero-order valence-corrected chi connectivity index (χ0v) is 7.18. The van der Waals surface area contributed by atoms with Crippen LogP contribution in [0.4, 0.5) is 4.39 Å². The monoisotopic (exact) mass is 201 g/mol. The minimum atomic E-state index is -0.791. The van der Waals surface area contributed by atoms with Crippen molar-refractivity contribution in [3.63, 3.8) is 0 Å². The molecule has 0 bridgehead atoms. The Morgan fingerprint density at radius 3 is 2.92 bits per heavy atom. The molecule has 5 heteroatoms. The molecule has 0 aromatic heterocycles. The first-order valence-corrected chi connectivity index (χ1v) is 3.74. The Morgan fingerprint density at radius 2 is 2.31 bits per heavy atom. The number of isocyanates is 1. The van der Waals surface area contributed by atoms with Crippen molar-refractivity contribution in [2.75, 3.05) is 0 Å². The van der Waals surface area contributed by atoms with Crippen molar-refractivity contribution in [3.05, 3.63) is 28.5 Å². The summed E-state index contributed by atoms with van der Waals surface area (Å²) in [6.07, 6.45) is 1.27. The standard InChI is InChI=1S/C8H5ClFNO2/c9-6-1-2-7(10)8(13)5(6)3-11-4-12/h1-2,13H,3H2. The van der Waals surface area contributed by atoms with Crippen molar-refractivity contribution in [1.82, 2.24) is 0 Å². The average molecular weight is 202 g/mol. The summed E-state index contributed by atoms with van der Waals surface area (Å²) in [7, 11) is 0. The quantitative estimate of drug-likeness (QED) is 0.588. The van der Waals surface area contributed by atoms with Gasteiger partial charge in [-0.1, -0.05) is 11.6 Å². The molecule has 0 aliphatic heterocycles. The van der Waals surface area contributed by atoms with Crippen LogP contribution in [0.1, 0.15) is 5.56 Å². The van der Waals surface area contributed by atoms with Crippen LogP contribution < -0.4 is 0 Å². The topological polar surface area (TPSA) is 49.7 Å². The van der Waals surface area contributed by atoms with E-state index in [9.17, 15) is 9.18 Å². The van der Waals surface area contributed by atoms with Gasteiger partial charge in [0.05, 0.1) is 6.54 Å². The molecule has 1 aromatic rings. The summed E-state index contributed by atoms with van der Waals surface area (Å²) < 4.78 is 12.7. The highest BCUT2D eigenvalue weighted by molar-refractivity contribution is 6.31. The van der Waals surface area contributed by atoms with Crippen molar-refractivity contribution in [1.29, 1.82) is 0 Å². The van der Waals surface area contributed by atoms with Gasteiger partial charge in [0, 0.05) is 10.6 Å². The van der Waals surface area contributed by atoms with Gasteiger partial charge in [-0.2, -0.15) is 0 Å². The van der Waals surface area contributed by atoms with Gasteiger partial charge in [0.1, 0.15) is 0 Å². The number of benzene rings is 1. The van der Waals surface area contributed by atoms with Crippen LogP contribution in [0.15, 0.2) is 17.1 Å². The molecule has 0 fully saturated rings. The third-order valence-corrected chi connectivity index (χ3v) is 1.83. The van der Waals surface area contributed by atoms with Crippen molar-refractivity contribution in [2.24, 2.45) is 4.99 Å². The fourth-order valence-electron chi connectivity index (χ4n) is 0.845. The summed E-state index contributed by atoms with van der Waals surface area (Å²) in [6, 6.07) is 2.32. The minimum absolute atomic E-state index is 0.0880. The normalized spacial score (nSPS) is 9.38. The third kappa shape index (κ3) is 2.05. The Kier molecular flexibility index (Phi) is 3.01. The summed E-state index contributed by atoms with van der Waals surface area (Å²) in [4.78, 5) is 13.0. The zero-order chi connectivity index (χ0) is 9.84. The summed E-state index contributed by atoms with van der Waals surface area (Å²) in [5, 5.41) is 9.32. The van der Waals surface area contributed by atoms with Gasteiger partial charge < -0.3 is 5.11 Å². The second kappa shape index (κ2) is 4.03. The van der Waals surface area contributed by atoms with Gasteiger partial charge in [-0.05, 0) is 12.1 Å². The molecule has 0 aliphatic carbocycles. The van der Waals surface area contributed by atoms with E-state index in [1.165, 1.54) is 12.1 Å². The number of nitrogens with zero attached hydrogens (tertiary/aromatic N) is 1. The lowest BCUT2D eigenvalue weighted by Gasteiger charge is -2.03. The van der Waals surface area contributed by atoms with Gasteiger partial charge >= 0.3 is 0 Å². The highest BCUT2D eigenvalue weighted by atomic mass is 35.5. The Morgan fingerprint density at radius 1 is 1.62 bits per heavy atom. The molecule has 1 rings (SSSR count). The number of rotatable bonds is 2. The largest absolute Gasteiger partial charge is 0.505 e. The van der Waals surface area contributed by atoms with Crippen LogP contribution >= 0.6 is 11.6 Å². The maximum absolute atomic E-state index is 12.7. The number of hydrogen-bond donors (Lipinski definition) is 1. The first kappa shape index (κ1) is 9.71. The number of phenols is 1. The van der Waals surface area contributed by atoms with E-state index in [-0.39, 0.29) is 17.1 Å². The Balaban J connectivity index is 3.16. The van der Waals surface area contributed by atoms with Gasteiger partial charge in [-0.3, -0.25) is 0 Å². The molecule has 0 aliphatic rings. The zero-order valence-electron chi connectivity index (χ0n) is 6.42. The van der Waals surface area contributed by atoms with E-state index in [1.807, 2.05) is 0 Å². The first-order valence-electron chi connectivity index (χ1n) is 3.36. The highest BCUT2D eigenvalue weighted by Gasteiger charge is 2.10. The lowest BCUT2D eigenvalue weighted by atomic mass is 10.2. The molecule has 1 N–H and O–H groups in total. The number of halogens is 2. The summed E-state index contributed by atoms with van der Waals surface area (Å²) in [5.41, 5.74) is 0.0880. The molecule has 13 heavy (non-hydrogen) atoms. The fraction of sp³-hybridized carbons (Fsp3) is 0.125. The summed E-state index contributed by atoms with van der Waals surface area (Å²) >= 11 is 5.62. The molecule has 0 heterocycles. The number of phenolic OH excluding ortho intramolecular Hbond substituents is 1. The van der Waals surface area contributed by atoms with Crippen molar-refractivity contribution >= 4 is 17.7 Å². The van der Waals surface area contributed by atoms with E-state index in [1.54, 1.807) is 0 Å². The molecule has 1 aromatic carbocycles. The molecule has 0 atom stereocenters. The highest BCUT2D eigenvalue weighted by Crippen LogP contribution is 2.28. The molecular weight excluding hydrogens is 197 g/mol. The molecule has 3 nitrogen and oxygen atoms in total. The van der Waals surface area contributed by atoms with E-state index < -0.39 is 11.6 Å². The number of aromatic hydroxyl groups is 1. The van der Waals surface area contributed by atoms with E-state index in [2.05, 4.69) is 4.99 Å². The van der Waals surface area contributed by atoms with Crippen molar-refractivity contribution < 1.29 is 14.3 Å². The Labute approximate surface area is 78.5 Å². The van der Waals surface area contributed by atoms with Crippen LogP contribution in [0.2, 0.25) is 5.02 Å². The molecule has 0 radical (unpaired) electrons. The predicted octanol–water partition coefficient (Wildman–Crippen LogP) is 2.02. The molecule has 0 spiro atoms. The van der Waals surface area contributed by atoms with Crippen LogP contribution in [-0.4, -0.2) is 11.2 Å². The molecule has 0 unspecified atom stereocenters. The van der Waals surface area contributed by atoms with Crippen LogP contribution in [-0.2, 0) is 11.3 Å². The maximum Gasteiger partial charge on any atom is 0.235 e. The number of carbonyl (C=O) groups excluding carboxylic acids is 1. The lowest BCUT2D eigenvalue weighted by Crippen LogP contribution is -1.88. The smallest absolute Gasteiger partial charge is 0.235 e. The summed E-state index contributed by atoms with van der Waals surface area (Å²) in [6.45, 7) is -0.175. The van der Waals surface area contributed by atoms with Crippen LogP contribution in [0.3, 0.4) is 0 Å². The molecule has 0 saturated heterocycles. The Bertz CT molecular complexity index is 375. The van der Waals surface area contributed by atoms with Crippen LogP contribution in [0.25, 0.3) is 0 Å². The third-order valence-electron chi connectivity index (χ3n) is 1.48. The predicted molar refractivity (Wildman–Crippen MR) is 44.9 cm³/mol. The Hall–Kier alpha value is -1.38. The van der Waals surface area contributed by atoms with Gasteiger partial charge in [-0.15, -0.1) is 0 Å². The fourth-order valence-corrected chi connectivity index (χ4v) is 1.06. The lowest BCUT2D eigenvalue weighted by molar-refractivity contribution is 0.426. The van der Waals surface area contributed by atoms with Crippen molar-refractivity contribution in [3.8, 4) is 5.75 Å². The minimum Gasteiger partial charge on any atom is -0.505 e. The second-order valence-corrected chi connectivity index (χ2v) is 2.67. The van der Waals surface area contributed by atoms with Crippen LogP contribution in [0, 0.1) is 5.82 Å². The second-order valence-electron chi connectivity index (χ2n) is 2.26. The maximum atomic E-state index is 12.7. The van der Waals surface area contributed by atoms with E-state index in [0.29, 0.717) is 0 Å². The van der Waals surface area contributed by atoms with Gasteiger partial charge in [0.25, 0.3) is 0 Å². The number of aliphatic imine (C=N–C) groups is 1. The van der Waals surface area contributed by atoms with Crippen molar-refractivity contribution in [2.45, 2.75) is 6.54 Å². The molecule has 0 amide bonds. The van der Waals surface area contributed by atoms with E-state index >= 15 is 0 Å². The van der Waals surface area contributed by atoms with Gasteiger partial charge in [0.2, 0.25) is 6.08 Å². The summed E-state index contributed by atoms with van der Waals surface area (Å²) in [5.74, 6) is -1.37. The SMILES string of the molecule is O=C=NCc1c(Cl)ccc(F)c1O. The number of hydrogen-bond acceptors (Lipinski definition) is 3.